The Morgan fingerprint density at radius 3 is 2.56 bits per heavy atom. The molecule has 1 unspecified atom stereocenters. The maximum atomic E-state index is 13.3. The number of rotatable bonds is 6. The summed E-state index contributed by atoms with van der Waals surface area (Å²) in [5.41, 5.74) is 0.225. The molecular weight excluding hydrogens is 262 g/mol. The molecule has 1 aromatic carbocycles. The molecule has 6 heteroatoms. The van der Waals surface area contributed by atoms with Crippen molar-refractivity contribution in [3.8, 4) is 0 Å². The molecule has 0 aliphatic heterocycles. The molecular formula is C12H16F2O3S. The van der Waals surface area contributed by atoms with Gasteiger partial charge in [-0.05, 0) is 24.5 Å². The van der Waals surface area contributed by atoms with E-state index in [1.807, 2.05) is 0 Å². The second-order valence-electron chi connectivity index (χ2n) is 4.37. The highest BCUT2D eigenvalue weighted by Gasteiger charge is 2.11. The number of benzene rings is 1. The summed E-state index contributed by atoms with van der Waals surface area (Å²) in [6, 6.07) is 3.17. The summed E-state index contributed by atoms with van der Waals surface area (Å²) in [7, 11) is -3.04. The molecule has 0 heterocycles. The van der Waals surface area contributed by atoms with Crippen LogP contribution in [-0.2, 0) is 16.3 Å². The van der Waals surface area contributed by atoms with Gasteiger partial charge in [-0.3, -0.25) is 0 Å². The van der Waals surface area contributed by atoms with Gasteiger partial charge in [-0.1, -0.05) is 6.07 Å². The zero-order valence-corrected chi connectivity index (χ0v) is 10.9. The van der Waals surface area contributed by atoms with Gasteiger partial charge >= 0.3 is 0 Å². The van der Waals surface area contributed by atoms with Crippen LogP contribution in [0, 0.1) is 11.6 Å². The third-order valence-electron chi connectivity index (χ3n) is 2.52. The van der Waals surface area contributed by atoms with Gasteiger partial charge in [-0.15, -0.1) is 0 Å². The number of aliphatic hydroxyl groups is 1. The van der Waals surface area contributed by atoms with Crippen LogP contribution in [0.15, 0.2) is 18.2 Å². The molecule has 0 spiro atoms. The Morgan fingerprint density at radius 1 is 1.33 bits per heavy atom. The number of halogens is 2. The highest BCUT2D eigenvalue weighted by Crippen LogP contribution is 2.13. The topological polar surface area (TPSA) is 54.4 Å². The summed E-state index contributed by atoms with van der Waals surface area (Å²) in [6.45, 7) is 0. The monoisotopic (exact) mass is 278 g/mol. The Balaban J connectivity index is 2.47. The third-order valence-corrected chi connectivity index (χ3v) is 3.55. The molecule has 0 aromatic heterocycles. The molecule has 0 bridgehead atoms. The summed E-state index contributed by atoms with van der Waals surface area (Å²) >= 11 is 0. The summed E-state index contributed by atoms with van der Waals surface area (Å²) in [4.78, 5) is 0. The van der Waals surface area contributed by atoms with E-state index in [2.05, 4.69) is 0 Å². The average molecular weight is 278 g/mol. The minimum atomic E-state index is -3.04. The van der Waals surface area contributed by atoms with Crippen molar-refractivity contribution in [1.82, 2.24) is 0 Å². The first-order valence-electron chi connectivity index (χ1n) is 5.57. The lowest BCUT2D eigenvalue weighted by atomic mass is 10.0. The van der Waals surface area contributed by atoms with Crippen molar-refractivity contribution in [2.45, 2.75) is 25.4 Å². The minimum Gasteiger partial charge on any atom is -0.393 e. The molecule has 1 atom stereocenters. The van der Waals surface area contributed by atoms with Gasteiger partial charge in [0.1, 0.15) is 21.5 Å². The SMILES string of the molecule is CS(=O)(=O)CCCC(O)Cc1ccc(F)cc1F. The van der Waals surface area contributed by atoms with E-state index in [9.17, 15) is 22.3 Å². The van der Waals surface area contributed by atoms with Crippen LogP contribution >= 0.6 is 0 Å². The molecule has 0 saturated carbocycles. The number of hydrogen-bond donors (Lipinski definition) is 1. The van der Waals surface area contributed by atoms with E-state index in [0.717, 1.165) is 18.4 Å². The van der Waals surface area contributed by atoms with Crippen molar-refractivity contribution in [3.05, 3.63) is 35.4 Å². The first-order valence-corrected chi connectivity index (χ1v) is 7.64. The molecule has 0 amide bonds. The lowest BCUT2D eigenvalue weighted by molar-refractivity contribution is 0.163. The van der Waals surface area contributed by atoms with Crippen molar-refractivity contribution in [2.24, 2.45) is 0 Å². The van der Waals surface area contributed by atoms with Crippen molar-refractivity contribution < 1.29 is 22.3 Å². The third kappa shape index (κ3) is 5.55. The quantitative estimate of drug-likeness (QED) is 0.861. The summed E-state index contributed by atoms with van der Waals surface area (Å²) in [6.07, 6.45) is 0.938. The fourth-order valence-electron chi connectivity index (χ4n) is 1.62. The van der Waals surface area contributed by atoms with Crippen molar-refractivity contribution >= 4 is 9.84 Å². The van der Waals surface area contributed by atoms with Crippen molar-refractivity contribution in [1.29, 1.82) is 0 Å². The van der Waals surface area contributed by atoms with Crippen molar-refractivity contribution in [3.63, 3.8) is 0 Å². The van der Waals surface area contributed by atoms with Crippen molar-refractivity contribution in [2.75, 3.05) is 12.0 Å². The van der Waals surface area contributed by atoms with E-state index in [4.69, 9.17) is 0 Å². The molecule has 3 nitrogen and oxygen atoms in total. The van der Waals surface area contributed by atoms with E-state index >= 15 is 0 Å². The normalized spacial score (nSPS) is 13.6. The number of sulfone groups is 1. The molecule has 0 fully saturated rings. The lowest BCUT2D eigenvalue weighted by Crippen LogP contribution is -2.14. The Kier molecular flexibility index (Phi) is 5.22. The zero-order valence-electron chi connectivity index (χ0n) is 10.1. The van der Waals surface area contributed by atoms with Crippen LogP contribution in [0.3, 0.4) is 0 Å². The van der Waals surface area contributed by atoms with E-state index in [0.29, 0.717) is 6.42 Å². The molecule has 0 saturated heterocycles. The van der Waals surface area contributed by atoms with Crippen LogP contribution < -0.4 is 0 Å². The summed E-state index contributed by atoms with van der Waals surface area (Å²) in [5, 5.41) is 9.64. The first kappa shape index (κ1) is 15.0. The van der Waals surface area contributed by atoms with Crippen LogP contribution in [0.4, 0.5) is 8.78 Å². The van der Waals surface area contributed by atoms with Crippen LogP contribution in [0.5, 0.6) is 0 Å². The minimum absolute atomic E-state index is 0.00401. The second-order valence-corrected chi connectivity index (χ2v) is 6.63. The maximum absolute atomic E-state index is 13.3. The number of hydrogen-bond acceptors (Lipinski definition) is 3. The van der Waals surface area contributed by atoms with Gasteiger partial charge in [-0.25, -0.2) is 17.2 Å². The molecule has 102 valence electrons. The molecule has 1 aromatic rings. The van der Waals surface area contributed by atoms with E-state index in [1.54, 1.807) is 0 Å². The fourth-order valence-corrected chi connectivity index (χ4v) is 2.32. The predicted molar refractivity (Wildman–Crippen MR) is 65.0 cm³/mol. The molecule has 1 N–H and O–H groups in total. The Hall–Kier alpha value is -1.01. The Labute approximate surface area is 105 Å². The smallest absolute Gasteiger partial charge is 0.147 e. The summed E-state index contributed by atoms with van der Waals surface area (Å²) < 4.78 is 47.7. The van der Waals surface area contributed by atoms with Crippen LogP contribution in [0.25, 0.3) is 0 Å². The first-order chi connectivity index (χ1) is 8.28. The van der Waals surface area contributed by atoms with E-state index in [1.165, 1.54) is 6.07 Å². The summed E-state index contributed by atoms with van der Waals surface area (Å²) in [5.74, 6) is -1.37. The second kappa shape index (κ2) is 6.24. The van der Waals surface area contributed by atoms with Gasteiger partial charge in [0.15, 0.2) is 0 Å². The molecule has 0 aliphatic carbocycles. The maximum Gasteiger partial charge on any atom is 0.147 e. The Bertz CT molecular complexity index is 500. The molecule has 18 heavy (non-hydrogen) atoms. The Morgan fingerprint density at radius 2 is 2.00 bits per heavy atom. The predicted octanol–water partition coefficient (Wildman–Crippen LogP) is 1.69. The number of aliphatic hydroxyl groups excluding tert-OH is 1. The van der Waals surface area contributed by atoms with Gasteiger partial charge in [0.05, 0.1) is 6.10 Å². The van der Waals surface area contributed by atoms with Crippen LogP contribution in [0.2, 0.25) is 0 Å². The molecule has 0 radical (unpaired) electrons. The molecule has 1 rings (SSSR count). The fraction of sp³-hybridized carbons (Fsp3) is 0.500. The van der Waals surface area contributed by atoms with E-state index in [-0.39, 0.29) is 24.2 Å². The highest BCUT2D eigenvalue weighted by molar-refractivity contribution is 7.90. The van der Waals surface area contributed by atoms with Gasteiger partial charge in [0.2, 0.25) is 0 Å². The van der Waals surface area contributed by atoms with Gasteiger partial charge in [-0.2, -0.15) is 0 Å². The van der Waals surface area contributed by atoms with Gasteiger partial charge in [0.25, 0.3) is 0 Å². The standard InChI is InChI=1S/C12H16F2O3S/c1-18(16,17)6-2-3-11(15)7-9-4-5-10(13)8-12(9)14/h4-5,8,11,15H,2-3,6-7H2,1H3. The molecule has 0 aliphatic rings. The van der Waals surface area contributed by atoms with Crippen LogP contribution in [0.1, 0.15) is 18.4 Å². The lowest BCUT2D eigenvalue weighted by Gasteiger charge is -2.10. The van der Waals surface area contributed by atoms with E-state index < -0.39 is 27.6 Å². The van der Waals surface area contributed by atoms with Crippen LogP contribution in [-0.4, -0.2) is 31.6 Å². The highest BCUT2D eigenvalue weighted by atomic mass is 32.2. The largest absolute Gasteiger partial charge is 0.393 e. The van der Waals surface area contributed by atoms with Gasteiger partial charge < -0.3 is 5.11 Å². The van der Waals surface area contributed by atoms with Gasteiger partial charge in [0, 0.05) is 24.5 Å². The zero-order chi connectivity index (χ0) is 13.8. The average Bonchev–Trinajstić information content (AvgIpc) is 2.20.